The van der Waals surface area contributed by atoms with Crippen molar-refractivity contribution >= 4 is 17.9 Å². The van der Waals surface area contributed by atoms with Gasteiger partial charge in [0.05, 0.1) is 24.7 Å². The minimum absolute atomic E-state index is 0.0890. The largest absolute Gasteiger partial charge is 0.496 e. The molecule has 0 aliphatic carbocycles. The van der Waals surface area contributed by atoms with Crippen molar-refractivity contribution in [3.63, 3.8) is 0 Å². The number of benzene rings is 1. The standard InChI is InChI=1S/C36H63N3O7/c1-23(2)27(19-25-15-16-31(45-11)26(18-25)14-12-13-17-44-10)20-29(39-34(43)46-35(5,6)7)30(40)21-28(24(3)4)32(41)38-22-36(8,9)33(37)42/h15-16,18,23-24,27-30,40H,12-14,17,19-22H2,1-11H3,(H2,37,42)(H,38,41)(H,39,43)/t27-,28-,29-,30-/m0/s1. The molecule has 0 radical (unpaired) electrons. The van der Waals surface area contributed by atoms with Crippen molar-refractivity contribution in [1.82, 2.24) is 10.6 Å². The van der Waals surface area contributed by atoms with Gasteiger partial charge in [-0.2, -0.15) is 0 Å². The summed E-state index contributed by atoms with van der Waals surface area (Å²) in [5, 5.41) is 17.4. The number of nitrogens with one attached hydrogen (secondary N) is 2. The minimum Gasteiger partial charge on any atom is -0.496 e. The van der Waals surface area contributed by atoms with Crippen LogP contribution >= 0.6 is 0 Å². The van der Waals surface area contributed by atoms with E-state index in [1.165, 1.54) is 0 Å². The summed E-state index contributed by atoms with van der Waals surface area (Å²) in [5.74, 6) is -0.229. The topological polar surface area (TPSA) is 149 Å². The number of nitrogens with two attached hydrogens (primary N) is 1. The SMILES string of the molecule is COCCCCc1cc(C[C@@H](C[C@H](NC(=O)OC(C)(C)C)[C@@H](O)C[C@H](C(=O)NCC(C)(C)C(N)=O)C(C)C)C(C)C)ccc1OC. The molecule has 0 aliphatic rings. The van der Waals surface area contributed by atoms with Crippen LogP contribution in [0.5, 0.6) is 5.75 Å². The van der Waals surface area contributed by atoms with Crippen molar-refractivity contribution < 1.29 is 33.7 Å². The van der Waals surface area contributed by atoms with Gasteiger partial charge in [0.2, 0.25) is 11.8 Å². The number of unbranched alkanes of at least 4 members (excludes halogenated alkanes) is 1. The molecule has 46 heavy (non-hydrogen) atoms. The Balaban J connectivity index is 3.26. The zero-order valence-electron chi connectivity index (χ0n) is 30.3. The second kappa shape index (κ2) is 19.1. The molecular formula is C36H63N3O7. The molecule has 5 N–H and O–H groups in total. The quantitative estimate of drug-likeness (QED) is 0.138. The number of carbonyl (C=O) groups excluding carboxylic acids is 3. The van der Waals surface area contributed by atoms with Crippen molar-refractivity contribution in [3.05, 3.63) is 29.3 Å². The summed E-state index contributed by atoms with van der Waals surface area (Å²) in [4.78, 5) is 38.1. The number of alkyl carbamates (subject to hydrolysis) is 1. The molecule has 10 heteroatoms. The molecule has 10 nitrogen and oxygen atoms in total. The number of rotatable bonds is 20. The molecule has 0 saturated carbocycles. The summed E-state index contributed by atoms with van der Waals surface area (Å²) >= 11 is 0. The maximum Gasteiger partial charge on any atom is 0.407 e. The lowest BCUT2D eigenvalue weighted by molar-refractivity contribution is -0.130. The number of aryl methyl sites for hydroxylation is 1. The Hall–Kier alpha value is -2.85. The number of hydrogen-bond donors (Lipinski definition) is 4. The highest BCUT2D eigenvalue weighted by Crippen LogP contribution is 2.29. The predicted octanol–water partition coefficient (Wildman–Crippen LogP) is 5.41. The van der Waals surface area contributed by atoms with Gasteiger partial charge in [0.1, 0.15) is 11.4 Å². The highest BCUT2D eigenvalue weighted by atomic mass is 16.6. The second-order valence-electron chi connectivity index (χ2n) is 14.9. The molecule has 1 aromatic carbocycles. The summed E-state index contributed by atoms with van der Waals surface area (Å²) in [5.41, 5.74) is 6.17. The number of aliphatic hydroxyl groups excluding tert-OH is 1. The van der Waals surface area contributed by atoms with Crippen LogP contribution in [0.3, 0.4) is 0 Å². The van der Waals surface area contributed by atoms with E-state index in [4.69, 9.17) is 19.9 Å². The molecule has 0 aromatic heterocycles. The van der Waals surface area contributed by atoms with Gasteiger partial charge in [0, 0.05) is 26.2 Å². The molecule has 0 spiro atoms. The van der Waals surface area contributed by atoms with Gasteiger partial charge in [-0.15, -0.1) is 0 Å². The van der Waals surface area contributed by atoms with Gasteiger partial charge in [0.25, 0.3) is 0 Å². The van der Waals surface area contributed by atoms with Gasteiger partial charge < -0.3 is 35.7 Å². The number of methoxy groups -OCH3 is 2. The van der Waals surface area contributed by atoms with E-state index in [1.54, 1.807) is 48.8 Å². The Morgan fingerprint density at radius 1 is 0.957 bits per heavy atom. The molecular weight excluding hydrogens is 586 g/mol. The van der Waals surface area contributed by atoms with E-state index < -0.39 is 41.1 Å². The Bertz CT molecular complexity index is 1100. The van der Waals surface area contributed by atoms with Crippen molar-refractivity contribution in [2.24, 2.45) is 34.8 Å². The van der Waals surface area contributed by atoms with Crippen molar-refractivity contribution in [1.29, 1.82) is 0 Å². The molecule has 0 fully saturated rings. The molecule has 0 heterocycles. The molecule has 3 amide bonds. The monoisotopic (exact) mass is 649 g/mol. The average Bonchev–Trinajstić information content (AvgIpc) is 2.94. The predicted molar refractivity (Wildman–Crippen MR) is 183 cm³/mol. The summed E-state index contributed by atoms with van der Waals surface area (Å²) in [6.07, 6.45) is 2.53. The molecule has 0 unspecified atom stereocenters. The van der Waals surface area contributed by atoms with E-state index in [2.05, 4.69) is 36.6 Å². The first-order valence-electron chi connectivity index (χ1n) is 16.7. The number of ether oxygens (including phenoxy) is 3. The molecule has 0 bridgehead atoms. The summed E-state index contributed by atoms with van der Waals surface area (Å²) in [6, 6.07) is 5.62. The first-order valence-corrected chi connectivity index (χ1v) is 16.7. The summed E-state index contributed by atoms with van der Waals surface area (Å²) < 4.78 is 16.4. The molecule has 0 saturated heterocycles. The zero-order chi connectivity index (χ0) is 35.2. The van der Waals surface area contributed by atoms with Crippen LogP contribution in [-0.2, 0) is 31.9 Å². The van der Waals surface area contributed by atoms with Crippen molar-refractivity contribution in [3.8, 4) is 5.75 Å². The van der Waals surface area contributed by atoms with Crippen LogP contribution in [0.2, 0.25) is 0 Å². The van der Waals surface area contributed by atoms with Crippen LogP contribution in [-0.4, -0.2) is 68.1 Å². The number of carbonyl (C=O) groups is 3. The minimum atomic E-state index is -1.02. The van der Waals surface area contributed by atoms with Gasteiger partial charge in [-0.3, -0.25) is 9.59 Å². The fourth-order valence-corrected chi connectivity index (χ4v) is 5.34. The van der Waals surface area contributed by atoms with Gasteiger partial charge >= 0.3 is 6.09 Å². The number of aliphatic hydroxyl groups is 1. The summed E-state index contributed by atoms with van der Waals surface area (Å²) in [6.45, 7) is 17.6. The van der Waals surface area contributed by atoms with Gasteiger partial charge in [-0.05, 0) is 108 Å². The first-order chi connectivity index (χ1) is 21.3. The fraction of sp³-hybridized carbons (Fsp3) is 0.750. The van der Waals surface area contributed by atoms with Gasteiger partial charge in [-0.1, -0.05) is 39.8 Å². The molecule has 0 aliphatic heterocycles. The van der Waals surface area contributed by atoms with Crippen molar-refractivity contribution in [2.45, 2.75) is 119 Å². The Morgan fingerprint density at radius 3 is 2.13 bits per heavy atom. The Kier molecular flexibility index (Phi) is 17.1. The van der Waals surface area contributed by atoms with E-state index in [0.29, 0.717) is 6.42 Å². The summed E-state index contributed by atoms with van der Waals surface area (Å²) in [7, 11) is 3.39. The normalized spacial score (nSPS) is 14.8. The van der Waals surface area contributed by atoms with Crippen LogP contribution in [0.4, 0.5) is 4.79 Å². The third-order valence-corrected chi connectivity index (χ3v) is 8.56. The number of amides is 3. The van der Waals surface area contributed by atoms with E-state index >= 15 is 0 Å². The highest BCUT2D eigenvalue weighted by molar-refractivity contribution is 5.83. The average molecular weight is 650 g/mol. The number of primary amides is 1. The van der Waals surface area contributed by atoms with Crippen LogP contribution in [0.15, 0.2) is 18.2 Å². The molecule has 264 valence electrons. The Labute approximate surface area is 277 Å². The maximum absolute atomic E-state index is 13.3. The number of hydrogen-bond acceptors (Lipinski definition) is 7. The molecule has 4 atom stereocenters. The maximum atomic E-state index is 13.3. The van der Waals surface area contributed by atoms with E-state index in [1.807, 2.05) is 19.9 Å². The zero-order valence-corrected chi connectivity index (χ0v) is 30.3. The third-order valence-electron chi connectivity index (χ3n) is 8.56. The van der Waals surface area contributed by atoms with Crippen molar-refractivity contribution in [2.75, 3.05) is 27.4 Å². The van der Waals surface area contributed by atoms with Crippen LogP contribution in [0.25, 0.3) is 0 Å². The molecule has 1 aromatic rings. The van der Waals surface area contributed by atoms with Gasteiger partial charge in [-0.25, -0.2) is 4.79 Å². The fourth-order valence-electron chi connectivity index (χ4n) is 5.34. The van der Waals surface area contributed by atoms with Crippen LogP contribution in [0.1, 0.15) is 99.1 Å². The lowest BCUT2D eigenvalue weighted by Gasteiger charge is -2.33. The first kappa shape index (κ1) is 41.2. The smallest absolute Gasteiger partial charge is 0.407 e. The van der Waals surface area contributed by atoms with Crippen LogP contribution < -0.4 is 21.1 Å². The lowest BCUT2D eigenvalue weighted by Crippen LogP contribution is -2.49. The molecule has 1 rings (SSSR count). The van der Waals surface area contributed by atoms with Gasteiger partial charge in [0.15, 0.2) is 0 Å². The van der Waals surface area contributed by atoms with Crippen LogP contribution in [0, 0.1) is 29.1 Å². The third kappa shape index (κ3) is 14.7. The lowest BCUT2D eigenvalue weighted by atomic mass is 9.80. The second-order valence-corrected chi connectivity index (χ2v) is 14.9. The Morgan fingerprint density at radius 2 is 1.61 bits per heavy atom. The van der Waals surface area contributed by atoms with E-state index in [9.17, 15) is 19.5 Å². The highest BCUT2D eigenvalue weighted by Gasteiger charge is 2.34. The van der Waals surface area contributed by atoms with E-state index in [-0.39, 0.29) is 36.6 Å². The van der Waals surface area contributed by atoms with E-state index in [0.717, 1.165) is 49.2 Å².